The molecular weight excluding hydrogens is 312 g/mol. The number of nitrogens with zero attached hydrogens (tertiary/aromatic N) is 2. The van der Waals surface area contributed by atoms with Crippen molar-refractivity contribution in [2.45, 2.75) is 26.3 Å². The number of piperazine rings is 1. The molecule has 1 aliphatic heterocycles. The molecule has 0 bridgehead atoms. The highest BCUT2D eigenvalue weighted by molar-refractivity contribution is 5.80. The van der Waals surface area contributed by atoms with Crippen LogP contribution in [0.15, 0.2) is 54.6 Å². The van der Waals surface area contributed by atoms with Gasteiger partial charge in [0.25, 0.3) is 0 Å². The van der Waals surface area contributed by atoms with E-state index < -0.39 is 0 Å². The quantitative estimate of drug-likeness (QED) is 0.864. The third-order valence-electron chi connectivity index (χ3n) is 4.92. The van der Waals surface area contributed by atoms with Gasteiger partial charge in [-0.2, -0.15) is 0 Å². The summed E-state index contributed by atoms with van der Waals surface area (Å²) in [5.74, 6) is 0.179. The summed E-state index contributed by atoms with van der Waals surface area (Å²) < 4.78 is 0. The molecule has 0 spiro atoms. The van der Waals surface area contributed by atoms with E-state index in [-0.39, 0.29) is 17.9 Å². The number of amides is 2. The molecule has 0 unspecified atom stereocenters. The Morgan fingerprint density at radius 1 is 1.00 bits per heavy atom. The van der Waals surface area contributed by atoms with Crippen molar-refractivity contribution in [3.05, 3.63) is 71.3 Å². The molecule has 1 aliphatic rings. The van der Waals surface area contributed by atoms with Gasteiger partial charge in [0, 0.05) is 26.6 Å². The topological polar surface area (TPSA) is 40.6 Å². The summed E-state index contributed by atoms with van der Waals surface area (Å²) in [6, 6.07) is 17.9. The third kappa shape index (κ3) is 3.90. The van der Waals surface area contributed by atoms with Crippen molar-refractivity contribution in [1.82, 2.24) is 9.80 Å². The average molecular weight is 336 g/mol. The molecular formula is C21H24N2O2. The van der Waals surface area contributed by atoms with Gasteiger partial charge in [0.05, 0.1) is 12.5 Å². The van der Waals surface area contributed by atoms with Crippen molar-refractivity contribution in [1.29, 1.82) is 0 Å². The summed E-state index contributed by atoms with van der Waals surface area (Å²) in [7, 11) is 0. The minimum Gasteiger partial charge on any atom is -0.338 e. The Hall–Kier alpha value is -2.62. The molecule has 1 saturated heterocycles. The van der Waals surface area contributed by atoms with E-state index in [1.165, 1.54) is 0 Å². The van der Waals surface area contributed by atoms with Crippen molar-refractivity contribution in [2.75, 3.05) is 19.6 Å². The average Bonchev–Trinajstić information content (AvgIpc) is 2.63. The monoisotopic (exact) mass is 336 g/mol. The van der Waals surface area contributed by atoms with Crippen LogP contribution in [0, 0.1) is 6.92 Å². The molecule has 0 aromatic heterocycles. The second kappa shape index (κ2) is 7.51. The number of aryl methyl sites for hydroxylation is 1. The van der Waals surface area contributed by atoms with E-state index in [4.69, 9.17) is 0 Å². The molecule has 2 aromatic carbocycles. The Kier molecular flexibility index (Phi) is 5.17. The summed E-state index contributed by atoms with van der Waals surface area (Å²) in [4.78, 5) is 28.6. The van der Waals surface area contributed by atoms with Crippen molar-refractivity contribution in [3.63, 3.8) is 0 Å². The van der Waals surface area contributed by atoms with E-state index >= 15 is 0 Å². The van der Waals surface area contributed by atoms with Crippen LogP contribution in [0.5, 0.6) is 0 Å². The van der Waals surface area contributed by atoms with Crippen LogP contribution in [0.1, 0.15) is 29.7 Å². The van der Waals surface area contributed by atoms with Gasteiger partial charge in [0.15, 0.2) is 0 Å². The molecule has 3 rings (SSSR count). The maximum atomic E-state index is 12.8. The second-order valence-electron chi connectivity index (χ2n) is 6.58. The summed E-state index contributed by atoms with van der Waals surface area (Å²) in [6.07, 6.45) is 0.411. The minimum absolute atomic E-state index is 0.0554. The molecule has 1 atom stereocenters. The van der Waals surface area contributed by atoms with E-state index in [1.807, 2.05) is 71.3 Å². The van der Waals surface area contributed by atoms with E-state index in [0.717, 1.165) is 16.7 Å². The van der Waals surface area contributed by atoms with E-state index in [9.17, 15) is 9.59 Å². The highest BCUT2D eigenvalue weighted by atomic mass is 16.2. The normalized spacial score (nSPS) is 17.4. The largest absolute Gasteiger partial charge is 0.338 e. The van der Waals surface area contributed by atoms with Crippen LogP contribution in [0.2, 0.25) is 0 Å². The van der Waals surface area contributed by atoms with Gasteiger partial charge in [-0.15, -0.1) is 0 Å². The lowest BCUT2D eigenvalue weighted by atomic mass is 10.0. The summed E-state index contributed by atoms with van der Waals surface area (Å²) in [5, 5.41) is 0. The number of hydrogen-bond donors (Lipinski definition) is 0. The number of hydrogen-bond acceptors (Lipinski definition) is 2. The van der Waals surface area contributed by atoms with Crippen molar-refractivity contribution < 1.29 is 9.59 Å². The van der Waals surface area contributed by atoms with Crippen LogP contribution in [0.3, 0.4) is 0 Å². The van der Waals surface area contributed by atoms with Crippen LogP contribution in [-0.4, -0.2) is 41.2 Å². The fourth-order valence-electron chi connectivity index (χ4n) is 3.43. The van der Waals surface area contributed by atoms with Gasteiger partial charge in [-0.3, -0.25) is 9.59 Å². The standard InChI is InChI=1S/C21H24N2O2/c1-16-8-6-7-11-19(16)14-21(25)22-12-13-23(17(2)24)20(15-22)18-9-4-3-5-10-18/h3-11,20H,12-15H2,1-2H3/t20-/m0/s1. The van der Waals surface area contributed by atoms with E-state index in [2.05, 4.69) is 0 Å². The highest BCUT2D eigenvalue weighted by Crippen LogP contribution is 2.26. The molecule has 2 aromatic rings. The lowest BCUT2D eigenvalue weighted by molar-refractivity contribution is -0.141. The number of carbonyl (C=O) groups is 2. The highest BCUT2D eigenvalue weighted by Gasteiger charge is 2.31. The smallest absolute Gasteiger partial charge is 0.227 e. The fraction of sp³-hybridized carbons (Fsp3) is 0.333. The first-order chi connectivity index (χ1) is 12.1. The van der Waals surface area contributed by atoms with Gasteiger partial charge in [-0.1, -0.05) is 54.6 Å². The van der Waals surface area contributed by atoms with Crippen molar-refractivity contribution in [3.8, 4) is 0 Å². The lowest BCUT2D eigenvalue weighted by Crippen LogP contribution is -2.52. The molecule has 0 radical (unpaired) electrons. The molecule has 0 saturated carbocycles. The van der Waals surface area contributed by atoms with Gasteiger partial charge >= 0.3 is 0 Å². The predicted molar refractivity (Wildman–Crippen MR) is 98.0 cm³/mol. The first-order valence-electron chi connectivity index (χ1n) is 8.70. The zero-order chi connectivity index (χ0) is 17.8. The van der Waals surface area contributed by atoms with Crippen molar-refractivity contribution in [2.24, 2.45) is 0 Å². The Morgan fingerprint density at radius 3 is 2.36 bits per heavy atom. The van der Waals surface area contributed by atoms with Crippen LogP contribution in [0.25, 0.3) is 0 Å². The lowest BCUT2D eigenvalue weighted by Gasteiger charge is -2.41. The molecule has 130 valence electrons. The second-order valence-corrected chi connectivity index (χ2v) is 6.58. The predicted octanol–water partition coefficient (Wildman–Crippen LogP) is 2.97. The molecule has 0 N–H and O–H groups in total. The Bertz CT molecular complexity index is 758. The molecule has 1 heterocycles. The molecule has 0 aliphatic carbocycles. The first-order valence-corrected chi connectivity index (χ1v) is 8.70. The van der Waals surface area contributed by atoms with E-state index in [0.29, 0.717) is 26.1 Å². The summed E-state index contributed by atoms with van der Waals surface area (Å²) in [5.41, 5.74) is 3.28. The van der Waals surface area contributed by atoms with Gasteiger partial charge in [0.1, 0.15) is 0 Å². The Morgan fingerprint density at radius 2 is 1.68 bits per heavy atom. The van der Waals surface area contributed by atoms with Crippen LogP contribution >= 0.6 is 0 Å². The number of benzene rings is 2. The SMILES string of the molecule is CC(=O)N1CCN(C(=O)Cc2ccccc2C)C[C@H]1c1ccccc1. The van der Waals surface area contributed by atoms with Crippen molar-refractivity contribution >= 4 is 11.8 Å². The zero-order valence-corrected chi connectivity index (χ0v) is 14.8. The zero-order valence-electron chi connectivity index (χ0n) is 14.8. The van der Waals surface area contributed by atoms with E-state index in [1.54, 1.807) is 6.92 Å². The maximum absolute atomic E-state index is 12.8. The number of rotatable bonds is 3. The molecule has 4 heteroatoms. The fourth-order valence-corrected chi connectivity index (χ4v) is 3.43. The molecule has 25 heavy (non-hydrogen) atoms. The minimum atomic E-state index is -0.0757. The summed E-state index contributed by atoms with van der Waals surface area (Å²) >= 11 is 0. The maximum Gasteiger partial charge on any atom is 0.227 e. The van der Waals surface area contributed by atoms with Gasteiger partial charge in [0.2, 0.25) is 11.8 Å². The van der Waals surface area contributed by atoms with Gasteiger partial charge in [-0.25, -0.2) is 0 Å². The third-order valence-corrected chi connectivity index (χ3v) is 4.92. The molecule has 2 amide bonds. The van der Waals surface area contributed by atoms with Crippen LogP contribution < -0.4 is 0 Å². The van der Waals surface area contributed by atoms with Crippen LogP contribution in [-0.2, 0) is 16.0 Å². The van der Waals surface area contributed by atoms with Gasteiger partial charge in [-0.05, 0) is 23.6 Å². The molecule has 4 nitrogen and oxygen atoms in total. The molecule has 1 fully saturated rings. The first kappa shape index (κ1) is 17.2. The van der Waals surface area contributed by atoms with Crippen LogP contribution in [0.4, 0.5) is 0 Å². The Balaban J connectivity index is 1.77. The summed E-state index contributed by atoms with van der Waals surface area (Å²) in [6.45, 7) is 5.35. The number of carbonyl (C=O) groups excluding carboxylic acids is 2. The van der Waals surface area contributed by atoms with Gasteiger partial charge < -0.3 is 9.80 Å². The Labute approximate surface area is 149 Å².